The van der Waals surface area contributed by atoms with Crippen molar-refractivity contribution >= 4 is 48.8 Å². The molecule has 1 unspecified atom stereocenters. The van der Waals surface area contributed by atoms with Crippen molar-refractivity contribution in [2.75, 3.05) is 6.54 Å². The summed E-state index contributed by atoms with van der Waals surface area (Å²) < 4.78 is 24.0. The Hall–Kier alpha value is -1.81. The molecule has 1 aliphatic rings. The average Bonchev–Trinajstić information content (AvgIpc) is 3.30. The third-order valence-electron chi connectivity index (χ3n) is 4.21. The molecule has 25 heavy (non-hydrogen) atoms. The first-order valence-electron chi connectivity index (χ1n) is 7.71. The number of carbonyl (C=O) groups excluding carboxylic acids is 1. The number of hydrogen-bond acceptors (Lipinski definition) is 6. The molecule has 1 amide bonds. The molecule has 9 heteroatoms. The lowest BCUT2D eigenvalue weighted by atomic mass is 10.2. The predicted octanol–water partition coefficient (Wildman–Crippen LogP) is 2.98. The first-order chi connectivity index (χ1) is 11.9. The van der Waals surface area contributed by atoms with Crippen LogP contribution in [0.2, 0.25) is 0 Å². The molecular formula is C16H15N3O3S3. The van der Waals surface area contributed by atoms with Gasteiger partial charge in [0.15, 0.2) is 0 Å². The van der Waals surface area contributed by atoms with Crippen molar-refractivity contribution in [2.45, 2.75) is 23.1 Å². The monoisotopic (exact) mass is 393 g/mol. The summed E-state index contributed by atoms with van der Waals surface area (Å²) in [6.45, 7) is 0.639. The Morgan fingerprint density at radius 2 is 2.12 bits per heavy atom. The van der Waals surface area contributed by atoms with Gasteiger partial charge in [0.25, 0.3) is 5.91 Å². The number of sulfonamides is 1. The Morgan fingerprint density at radius 3 is 2.84 bits per heavy atom. The molecule has 2 N–H and O–H groups in total. The maximum Gasteiger partial charge on any atom is 0.255 e. The van der Waals surface area contributed by atoms with Crippen LogP contribution < -0.4 is 5.14 Å². The van der Waals surface area contributed by atoms with E-state index in [1.54, 1.807) is 21.6 Å². The zero-order valence-corrected chi connectivity index (χ0v) is 15.5. The van der Waals surface area contributed by atoms with Crippen molar-refractivity contribution in [1.82, 2.24) is 9.88 Å². The first-order valence-corrected chi connectivity index (χ1v) is 11.0. The maximum absolute atomic E-state index is 12.9. The fourth-order valence-corrected chi connectivity index (χ4v) is 5.74. The molecule has 1 aliphatic heterocycles. The summed E-state index contributed by atoms with van der Waals surface area (Å²) >= 11 is 2.57. The van der Waals surface area contributed by atoms with E-state index >= 15 is 0 Å². The van der Waals surface area contributed by atoms with Crippen LogP contribution in [0.5, 0.6) is 0 Å². The molecule has 0 radical (unpaired) electrons. The lowest BCUT2D eigenvalue weighted by Gasteiger charge is -2.22. The largest absolute Gasteiger partial charge is 0.329 e. The molecule has 1 aromatic carbocycles. The Kier molecular flexibility index (Phi) is 4.11. The number of fused-ring (bicyclic) bond motifs is 1. The molecule has 2 aromatic heterocycles. The SMILES string of the molecule is NS(=O)(=O)c1cc(C(=O)N2CCCC2c2nc3ccccc3s2)cs1. The highest BCUT2D eigenvalue weighted by molar-refractivity contribution is 7.91. The molecule has 0 spiro atoms. The van der Waals surface area contributed by atoms with Crippen LogP contribution in [-0.2, 0) is 10.0 Å². The molecule has 0 saturated carbocycles. The highest BCUT2D eigenvalue weighted by Crippen LogP contribution is 2.37. The Morgan fingerprint density at radius 1 is 1.32 bits per heavy atom. The van der Waals surface area contributed by atoms with E-state index in [-0.39, 0.29) is 16.2 Å². The van der Waals surface area contributed by atoms with Gasteiger partial charge in [-0.1, -0.05) is 12.1 Å². The number of nitrogens with two attached hydrogens (primary N) is 1. The van der Waals surface area contributed by atoms with Gasteiger partial charge in [-0.2, -0.15) is 0 Å². The second-order valence-electron chi connectivity index (χ2n) is 5.88. The number of aromatic nitrogens is 1. The molecule has 0 aliphatic carbocycles. The van der Waals surface area contributed by atoms with Crippen LogP contribution in [0.15, 0.2) is 39.9 Å². The molecule has 130 valence electrons. The molecule has 3 aromatic rings. The van der Waals surface area contributed by atoms with Crippen LogP contribution in [0.1, 0.15) is 34.2 Å². The van der Waals surface area contributed by atoms with Gasteiger partial charge in [0.2, 0.25) is 10.0 Å². The number of benzene rings is 1. The Balaban J connectivity index is 1.64. The molecule has 1 fully saturated rings. The number of rotatable bonds is 3. The third-order valence-corrected chi connectivity index (χ3v) is 7.74. The van der Waals surface area contributed by atoms with E-state index in [0.717, 1.165) is 39.4 Å². The number of likely N-dealkylation sites (tertiary alicyclic amines) is 1. The fourth-order valence-electron chi connectivity index (χ4n) is 3.04. The second-order valence-corrected chi connectivity index (χ2v) is 9.64. The van der Waals surface area contributed by atoms with Gasteiger partial charge in [0.05, 0.1) is 21.8 Å². The van der Waals surface area contributed by atoms with Crippen LogP contribution in [0, 0.1) is 0 Å². The number of hydrogen-bond donors (Lipinski definition) is 1. The van der Waals surface area contributed by atoms with Crippen molar-refractivity contribution in [3.63, 3.8) is 0 Å². The normalized spacial score (nSPS) is 18.1. The van der Waals surface area contributed by atoms with Crippen molar-refractivity contribution in [2.24, 2.45) is 5.14 Å². The molecule has 1 saturated heterocycles. The topological polar surface area (TPSA) is 93.4 Å². The Labute approximate surface area is 153 Å². The second kappa shape index (κ2) is 6.17. The lowest BCUT2D eigenvalue weighted by Crippen LogP contribution is -2.30. The molecular weight excluding hydrogens is 378 g/mol. The third kappa shape index (κ3) is 3.08. The van der Waals surface area contributed by atoms with Gasteiger partial charge in [-0.3, -0.25) is 4.79 Å². The van der Waals surface area contributed by atoms with Gasteiger partial charge >= 0.3 is 0 Å². The predicted molar refractivity (Wildman–Crippen MR) is 98.3 cm³/mol. The average molecular weight is 394 g/mol. The van der Waals surface area contributed by atoms with Gasteiger partial charge in [-0.25, -0.2) is 18.5 Å². The van der Waals surface area contributed by atoms with Crippen molar-refractivity contribution in [3.8, 4) is 0 Å². The van der Waals surface area contributed by atoms with Crippen LogP contribution >= 0.6 is 22.7 Å². The van der Waals surface area contributed by atoms with E-state index in [1.165, 1.54) is 6.07 Å². The van der Waals surface area contributed by atoms with Gasteiger partial charge in [0.1, 0.15) is 9.22 Å². The molecule has 6 nitrogen and oxygen atoms in total. The Bertz CT molecular complexity index is 1020. The summed E-state index contributed by atoms with van der Waals surface area (Å²) in [7, 11) is -3.78. The number of para-hydroxylation sites is 1. The van der Waals surface area contributed by atoms with Crippen molar-refractivity contribution in [1.29, 1.82) is 0 Å². The van der Waals surface area contributed by atoms with E-state index in [2.05, 4.69) is 4.98 Å². The molecule has 4 rings (SSSR count). The van der Waals surface area contributed by atoms with Crippen LogP contribution in [-0.4, -0.2) is 30.8 Å². The summed E-state index contributed by atoms with van der Waals surface area (Å²) in [5.41, 5.74) is 1.30. The minimum absolute atomic E-state index is 0.00610. The van der Waals surface area contributed by atoms with Crippen LogP contribution in [0.4, 0.5) is 0 Å². The molecule has 3 heterocycles. The summed E-state index contributed by atoms with van der Waals surface area (Å²) in [5.74, 6) is -0.173. The van der Waals surface area contributed by atoms with Crippen molar-refractivity contribution < 1.29 is 13.2 Å². The summed E-state index contributed by atoms with van der Waals surface area (Å²) in [6.07, 6.45) is 1.76. The number of amides is 1. The van der Waals surface area contributed by atoms with Gasteiger partial charge in [0, 0.05) is 11.9 Å². The summed E-state index contributed by atoms with van der Waals surface area (Å²) in [4.78, 5) is 19.3. The quantitative estimate of drug-likeness (QED) is 0.740. The number of primary sulfonamides is 1. The number of carbonyl (C=O) groups is 1. The van der Waals surface area contributed by atoms with E-state index < -0.39 is 10.0 Å². The highest BCUT2D eigenvalue weighted by Gasteiger charge is 2.33. The van der Waals surface area contributed by atoms with Gasteiger partial charge in [-0.05, 0) is 31.0 Å². The number of nitrogens with zero attached hydrogens (tertiary/aromatic N) is 2. The number of thiazole rings is 1. The maximum atomic E-state index is 12.9. The molecule has 0 bridgehead atoms. The lowest BCUT2D eigenvalue weighted by molar-refractivity contribution is 0.0736. The first kappa shape index (κ1) is 16.6. The van der Waals surface area contributed by atoms with E-state index in [0.29, 0.717) is 12.1 Å². The smallest absolute Gasteiger partial charge is 0.255 e. The minimum atomic E-state index is -3.78. The zero-order valence-electron chi connectivity index (χ0n) is 13.1. The zero-order chi connectivity index (χ0) is 17.6. The molecule has 1 atom stereocenters. The summed E-state index contributed by atoms with van der Waals surface area (Å²) in [6, 6.07) is 9.20. The van der Waals surface area contributed by atoms with Crippen LogP contribution in [0.25, 0.3) is 10.2 Å². The minimum Gasteiger partial charge on any atom is -0.329 e. The standard InChI is InChI=1S/C16H15N3O3S3/c17-25(21,22)14-8-10(9-23-14)16(20)19-7-3-5-12(19)15-18-11-4-1-2-6-13(11)24-15/h1-2,4,6,8-9,12H,3,5,7H2,(H2,17,21,22). The van der Waals surface area contributed by atoms with E-state index in [4.69, 9.17) is 5.14 Å². The number of thiophene rings is 1. The highest BCUT2D eigenvalue weighted by atomic mass is 32.2. The summed E-state index contributed by atoms with van der Waals surface area (Å²) in [5, 5.41) is 7.61. The van der Waals surface area contributed by atoms with Crippen molar-refractivity contribution in [3.05, 3.63) is 46.3 Å². The fraction of sp³-hybridized carbons (Fsp3) is 0.250. The van der Waals surface area contributed by atoms with E-state index in [9.17, 15) is 13.2 Å². The van der Waals surface area contributed by atoms with Gasteiger partial charge in [-0.15, -0.1) is 22.7 Å². The van der Waals surface area contributed by atoms with E-state index in [1.807, 2.05) is 24.3 Å². The van der Waals surface area contributed by atoms with Crippen LogP contribution in [0.3, 0.4) is 0 Å². The van der Waals surface area contributed by atoms with Gasteiger partial charge < -0.3 is 4.90 Å².